The highest BCUT2D eigenvalue weighted by Crippen LogP contribution is 2.15. The lowest BCUT2D eigenvalue weighted by Gasteiger charge is -2.09. The average Bonchev–Trinajstić information content (AvgIpc) is 2.62. The summed E-state index contributed by atoms with van der Waals surface area (Å²) in [4.78, 5) is 43.6. The van der Waals surface area contributed by atoms with Crippen LogP contribution in [0.3, 0.4) is 0 Å². The van der Waals surface area contributed by atoms with E-state index in [9.17, 15) is 14.4 Å². The van der Waals surface area contributed by atoms with E-state index in [0.29, 0.717) is 16.4 Å². The molecule has 0 radical (unpaired) electrons. The maximum Gasteiger partial charge on any atom is 0.328 e. The molecule has 0 saturated carbocycles. The molecular formula is C18H15ClN4O3. The highest BCUT2D eigenvalue weighted by molar-refractivity contribution is 6.31. The Kier molecular flexibility index (Phi) is 4.99. The normalized spacial score (nSPS) is 10.5. The molecule has 0 aliphatic rings. The number of aryl methyl sites for hydroxylation is 1. The maximum atomic E-state index is 12.6. The number of hydrogen-bond acceptors (Lipinski definition) is 4. The highest BCUT2D eigenvalue weighted by Gasteiger charge is 2.16. The van der Waals surface area contributed by atoms with Crippen LogP contribution in [0.5, 0.6) is 0 Å². The van der Waals surface area contributed by atoms with Gasteiger partial charge in [-0.2, -0.15) is 0 Å². The second-order valence-corrected chi connectivity index (χ2v) is 6.02. The lowest BCUT2D eigenvalue weighted by molar-refractivity contribution is 0.102. The number of halogens is 1. The summed E-state index contributed by atoms with van der Waals surface area (Å²) in [6, 6.07) is 10.4. The Hall–Kier alpha value is -3.19. The van der Waals surface area contributed by atoms with Gasteiger partial charge in [-0.1, -0.05) is 35.9 Å². The van der Waals surface area contributed by atoms with E-state index in [2.05, 4.69) is 15.3 Å². The lowest BCUT2D eigenvalue weighted by Crippen LogP contribution is -2.39. The molecule has 0 aliphatic carbocycles. The van der Waals surface area contributed by atoms with Crippen molar-refractivity contribution in [2.75, 3.05) is 5.32 Å². The Balaban J connectivity index is 1.96. The number of nitrogens with one attached hydrogen (secondary N) is 2. The van der Waals surface area contributed by atoms with E-state index < -0.39 is 17.2 Å². The number of benzene rings is 1. The molecule has 0 bridgehead atoms. The third-order valence-corrected chi connectivity index (χ3v) is 4.20. The summed E-state index contributed by atoms with van der Waals surface area (Å²) >= 11 is 6.09. The predicted molar refractivity (Wildman–Crippen MR) is 98.8 cm³/mol. The van der Waals surface area contributed by atoms with E-state index in [0.717, 1.165) is 16.3 Å². The van der Waals surface area contributed by atoms with E-state index in [1.165, 1.54) is 6.20 Å². The highest BCUT2D eigenvalue weighted by atomic mass is 35.5. The minimum Gasteiger partial charge on any atom is -0.313 e. The molecule has 26 heavy (non-hydrogen) atoms. The molecular weight excluding hydrogens is 356 g/mol. The van der Waals surface area contributed by atoms with Gasteiger partial charge in [0.25, 0.3) is 11.5 Å². The number of aromatic nitrogens is 3. The zero-order valence-electron chi connectivity index (χ0n) is 13.8. The number of amides is 1. The van der Waals surface area contributed by atoms with Crippen LogP contribution in [0.1, 0.15) is 21.5 Å². The van der Waals surface area contributed by atoms with Crippen LogP contribution in [0.4, 0.5) is 5.82 Å². The van der Waals surface area contributed by atoms with Crippen molar-refractivity contribution >= 4 is 23.3 Å². The number of carbonyl (C=O) groups is 1. The van der Waals surface area contributed by atoms with Crippen molar-refractivity contribution in [3.05, 3.63) is 91.3 Å². The van der Waals surface area contributed by atoms with Crippen molar-refractivity contribution in [1.82, 2.24) is 14.5 Å². The summed E-state index contributed by atoms with van der Waals surface area (Å²) in [5.74, 6) is -0.304. The number of hydrogen-bond donors (Lipinski definition) is 2. The molecule has 0 fully saturated rings. The molecule has 3 rings (SSSR count). The fraction of sp³-hybridized carbons (Fsp3) is 0.111. The second kappa shape index (κ2) is 7.37. The number of carbonyl (C=O) groups excluding carboxylic acids is 1. The number of anilines is 1. The fourth-order valence-corrected chi connectivity index (χ4v) is 2.60. The van der Waals surface area contributed by atoms with Crippen LogP contribution < -0.4 is 16.6 Å². The Morgan fingerprint density at radius 3 is 2.73 bits per heavy atom. The van der Waals surface area contributed by atoms with Crippen LogP contribution in [0, 0.1) is 6.92 Å². The van der Waals surface area contributed by atoms with Crippen molar-refractivity contribution in [3.63, 3.8) is 0 Å². The molecule has 7 nitrogen and oxygen atoms in total. The smallest absolute Gasteiger partial charge is 0.313 e. The first-order chi connectivity index (χ1) is 12.5. The fourth-order valence-electron chi connectivity index (χ4n) is 2.41. The average molecular weight is 371 g/mol. The minimum absolute atomic E-state index is 0.0441. The summed E-state index contributed by atoms with van der Waals surface area (Å²) in [6.45, 7) is 1.74. The SMILES string of the molecule is Cc1cccnc1NC(=O)c1c[nH]c(=O)n(Cc2ccccc2Cl)c1=O. The van der Waals surface area contributed by atoms with Gasteiger partial charge in [0, 0.05) is 17.4 Å². The van der Waals surface area contributed by atoms with Gasteiger partial charge in [0.2, 0.25) is 0 Å². The molecule has 0 aliphatic heterocycles. The summed E-state index contributed by atoms with van der Waals surface area (Å²) in [7, 11) is 0. The molecule has 0 atom stereocenters. The first-order valence-corrected chi connectivity index (χ1v) is 8.14. The molecule has 2 heterocycles. The first kappa shape index (κ1) is 17.6. The predicted octanol–water partition coefficient (Wildman–Crippen LogP) is 2.19. The topological polar surface area (TPSA) is 96.8 Å². The van der Waals surface area contributed by atoms with Crippen LogP contribution in [0.15, 0.2) is 58.4 Å². The zero-order chi connectivity index (χ0) is 18.7. The van der Waals surface area contributed by atoms with Gasteiger partial charge in [0.15, 0.2) is 0 Å². The Labute approximate surface area is 153 Å². The molecule has 1 amide bonds. The zero-order valence-corrected chi connectivity index (χ0v) is 14.6. The van der Waals surface area contributed by atoms with Crippen molar-refractivity contribution in [1.29, 1.82) is 0 Å². The monoisotopic (exact) mass is 370 g/mol. The third-order valence-electron chi connectivity index (χ3n) is 3.83. The summed E-state index contributed by atoms with van der Waals surface area (Å²) in [5.41, 5.74) is -0.177. The number of aromatic amines is 1. The van der Waals surface area contributed by atoms with Crippen molar-refractivity contribution < 1.29 is 4.79 Å². The second-order valence-electron chi connectivity index (χ2n) is 5.61. The van der Waals surface area contributed by atoms with Gasteiger partial charge in [-0.05, 0) is 30.2 Å². The maximum absolute atomic E-state index is 12.6. The molecule has 0 unspecified atom stereocenters. The number of pyridine rings is 1. The van der Waals surface area contributed by atoms with E-state index in [-0.39, 0.29) is 12.1 Å². The van der Waals surface area contributed by atoms with Crippen LogP contribution in [-0.4, -0.2) is 20.4 Å². The molecule has 2 aromatic heterocycles. The van der Waals surface area contributed by atoms with Gasteiger partial charge in [-0.15, -0.1) is 0 Å². The van der Waals surface area contributed by atoms with Gasteiger partial charge in [0.05, 0.1) is 6.54 Å². The lowest BCUT2D eigenvalue weighted by atomic mass is 10.2. The minimum atomic E-state index is -0.709. The van der Waals surface area contributed by atoms with Crippen LogP contribution in [0.2, 0.25) is 5.02 Å². The van der Waals surface area contributed by atoms with E-state index in [4.69, 9.17) is 11.6 Å². The molecule has 132 valence electrons. The van der Waals surface area contributed by atoms with E-state index >= 15 is 0 Å². The Morgan fingerprint density at radius 1 is 1.23 bits per heavy atom. The van der Waals surface area contributed by atoms with Gasteiger partial charge in [-0.3, -0.25) is 14.2 Å². The summed E-state index contributed by atoms with van der Waals surface area (Å²) in [6.07, 6.45) is 2.63. The number of H-pyrrole nitrogens is 1. The summed E-state index contributed by atoms with van der Waals surface area (Å²) in [5, 5.41) is 3.01. The van der Waals surface area contributed by atoms with Gasteiger partial charge in [0.1, 0.15) is 11.4 Å². The van der Waals surface area contributed by atoms with Gasteiger partial charge in [-0.25, -0.2) is 9.78 Å². The molecule has 0 saturated heterocycles. The molecule has 8 heteroatoms. The Morgan fingerprint density at radius 2 is 2.00 bits per heavy atom. The first-order valence-electron chi connectivity index (χ1n) is 7.76. The van der Waals surface area contributed by atoms with Crippen LogP contribution >= 0.6 is 11.6 Å². The Bertz CT molecular complexity index is 1090. The van der Waals surface area contributed by atoms with E-state index in [1.807, 2.05) is 0 Å². The van der Waals surface area contributed by atoms with Crippen molar-refractivity contribution in [2.24, 2.45) is 0 Å². The van der Waals surface area contributed by atoms with Gasteiger partial charge < -0.3 is 10.3 Å². The van der Waals surface area contributed by atoms with Crippen molar-refractivity contribution in [2.45, 2.75) is 13.5 Å². The van der Waals surface area contributed by atoms with Crippen LogP contribution in [0.25, 0.3) is 0 Å². The molecule has 3 aromatic rings. The quantitative estimate of drug-likeness (QED) is 0.735. The summed E-state index contributed by atoms with van der Waals surface area (Å²) < 4.78 is 0.932. The molecule has 0 spiro atoms. The number of rotatable bonds is 4. The van der Waals surface area contributed by atoms with Crippen LogP contribution in [-0.2, 0) is 6.54 Å². The molecule has 1 aromatic carbocycles. The van der Waals surface area contributed by atoms with Crippen molar-refractivity contribution in [3.8, 4) is 0 Å². The number of nitrogens with zero attached hydrogens (tertiary/aromatic N) is 2. The molecule has 2 N–H and O–H groups in total. The third kappa shape index (κ3) is 3.57. The van der Waals surface area contributed by atoms with Gasteiger partial charge >= 0.3 is 5.69 Å². The standard InChI is InChI=1S/C18H15ClN4O3/c1-11-5-4-8-20-15(11)22-16(24)13-9-21-18(26)23(17(13)25)10-12-6-2-3-7-14(12)19/h2-9H,10H2,1H3,(H,21,26)(H,20,22,24). The largest absolute Gasteiger partial charge is 0.328 e. The van der Waals surface area contributed by atoms with E-state index in [1.54, 1.807) is 43.3 Å².